The number of hydrogen-bond donors (Lipinski definition) is 3. The van der Waals surface area contributed by atoms with E-state index in [1.54, 1.807) is 26.8 Å². The molecule has 0 bridgehead atoms. The van der Waals surface area contributed by atoms with Crippen molar-refractivity contribution in [3.05, 3.63) is 11.9 Å². The van der Waals surface area contributed by atoms with E-state index in [2.05, 4.69) is 27.5 Å². The minimum atomic E-state index is -1.07. The van der Waals surface area contributed by atoms with Gasteiger partial charge in [-0.1, -0.05) is 13.3 Å². The van der Waals surface area contributed by atoms with Gasteiger partial charge in [-0.2, -0.15) is 0 Å². The number of anilines is 2. The lowest BCUT2D eigenvalue weighted by molar-refractivity contribution is -0.141. The first-order chi connectivity index (χ1) is 8.85. The molecule has 0 aliphatic rings. The number of nitrogens with one attached hydrogen (secondary N) is 2. The molecule has 3 N–H and O–H groups in total. The van der Waals surface area contributed by atoms with E-state index < -0.39 is 11.5 Å². The molecule has 0 atom stereocenters. The molecule has 1 rings (SSSR count). The molecule has 0 radical (unpaired) electrons. The molecule has 1 aromatic heterocycles. The molecule has 0 saturated heterocycles. The topological polar surface area (TPSA) is 87.1 Å². The van der Waals surface area contributed by atoms with Crippen LogP contribution in [0.25, 0.3) is 0 Å². The summed E-state index contributed by atoms with van der Waals surface area (Å²) in [5, 5.41) is 15.2. The summed E-state index contributed by atoms with van der Waals surface area (Å²) in [7, 11) is 0. The quantitative estimate of drug-likeness (QED) is 0.656. The van der Waals surface area contributed by atoms with Crippen LogP contribution in [0.4, 0.5) is 11.6 Å². The third-order valence-electron chi connectivity index (χ3n) is 2.65. The van der Waals surface area contributed by atoms with Gasteiger partial charge in [-0.25, -0.2) is 14.8 Å². The minimum absolute atomic E-state index is 0.513. The molecular formula is C13H22N4O2. The Morgan fingerprint density at radius 2 is 2.00 bits per heavy atom. The Bertz CT molecular complexity index is 446. The molecule has 0 aliphatic heterocycles. The van der Waals surface area contributed by atoms with Gasteiger partial charge in [-0.05, 0) is 27.2 Å². The molecule has 0 spiro atoms. The van der Waals surface area contributed by atoms with E-state index in [1.807, 2.05) is 0 Å². The van der Waals surface area contributed by atoms with Gasteiger partial charge in [0.25, 0.3) is 0 Å². The van der Waals surface area contributed by atoms with Gasteiger partial charge in [0.2, 0.25) is 0 Å². The number of carbonyl (C=O) groups is 1. The molecule has 19 heavy (non-hydrogen) atoms. The molecule has 1 heterocycles. The van der Waals surface area contributed by atoms with E-state index in [-0.39, 0.29) is 0 Å². The maximum atomic E-state index is 11.1. The summed E-state index contributed by atoms with van der Waals surface area (Å²) >= 11 is 0. The molecule has 0 fully saturated rings. The second kappa shape index (κ2) is 6.36. The third kappa shape index (κ3) is 4.73. The average molecular weight is 266 g/mol. The highest BCUT2D eigenvalue weighted by molar-refractivity contribution is 5.81. The monoisotopic (exact) mass is 266 g/mol. The van der Waals surface area contributed by atoms with Gasteiger partial charge in [0.05, 0.1) is 0 Å². The van der Waals surface area contributed by atoms with Crippen LogP contribution in [0.15, 0.2) is 6.07 Å². The van der Waals surface area contributed by atoms with Crippen LogP contribution in [0, 0.1) is 6.92 Å². The van der Waals surface area contributed by atoms with Gasteiger partial charge in [-0.3, -0.25) is 0 Å². The normalized spacial score (nSPS) is 11.2. The van der Waals surface area contributed by atoms with E-state index in [4.69, 9.17) is 5.11 Å². The van der Waals surface area contributed by atoms with Gasteiger partial charge in [-0.15, -0.1) is 0 Å². The fourth-order valence-corrected chi connectivity index (χ4v) is 1.49. The Kier molecular flexibility index (Phi) is 5.09. The maximum absolute atomic E-state index is 11.1. The number of aliphatic carboxylic acids is 1. The fourth-order valence-electron chi connectivity index (χ4n) is 1.49. The number of carboxylic acids is 1. The summed E-state index contributed by atoms with van der Waals surface area (Å²) in [6.45, 7) is 7.93. The van der Waals surface area contributed by atoms with Crippen LogP contribution in [0.1, 0.15) is 39.4 Å². The van der Waals surface area contributed by atoms with E-state index >= 15 is 0 Å². The summed E-state index contributed by atoms with van der Waals surface area (Å²) in [6.07, 6.45) is 2.17. The van der Waals surface area contributed by atoms with Crippen LogP contribution in [-0.2, 0) is 4.79 Å². The summed E-state index contributed by atoms with van der Waals surface area (Å²) in [5.74, 6) is 0.901. The van der Waals surface area contributed by atoms with E-state index in [0.29, 0.717) is 17.5 Å². The van der Waals surface area contributed by atoms with Crippen molar-refractivity contribution in [3.63, 3.8) is 0 Å². The Morgan fingerprint density at radius 1 is 1.37 bits per heavy atom. The van der Waals surface area contributed by atoms with Crippen LogP contribution in [0.5, 0.6) is 0 Å². The first kappa shape index (κ1) is 15.2. The van der Waals surface area contributed by atoms with Crippen LogP contribution in [0.2, 0.25) is 0 Å². The van der Waals surface area contributed by atoms with Gasteiger partial charge in [0, 0.05) is 12.6 Å². The summed E-state index contributed by atoms with van der Waals surface area (Å²) < 4.78 is 0. The predicted octanol–water partition coefficient (Wildman–Crippen LogP) is 2.27. The van der Waals surface area contributed by atoms with Crippen molar-refractivity contribution >= 4 is 17.6 Å². The largest absolute Gasteiger partial charge is 0.480 e. The van der Waals surface area contributed by atoms with Crippen molar-refractivity contribution in [2.75, 3.05) is 17.2 Å². The number of carboxylic acid groups (broad SMARTS) is 1. The first-order valence-electron chi connectivity index (χ1n) is 6.46. The average Bonchev–Trinajstić information content (AvgIpc) is 2.27. The molecule has 0 saturated carbocycles. The molecule has 0 aromatic carbocycles. The molecule has 6 heteroatoms. The number of rotatable bonds is 7. The van der Waals surface area contributed by atoms with Crippen LogP contribution in [-0.4, -0.2) is 33.1 Å². The Morgan fingerprint density at radius 3 is 2.58 bits per heavy atom. The van der Waals surface area contributed by atoms with E-state index in [1.165, 1.54) is 0 Å². The number of aromatic nitrogens is 2. The number of unbranched alkanes of at least 4 members (excludes halogenated alkanes) is 1. The standard InChI is InChI=1S/C13H22N4O2/c1-5-6-7-14-10-8-11(16-9(2)15-10)17-13(3,4)12(18)19/h8H,5-7H2,1-4H3,(H,18,19)(H2,14,15,16,17). The van der Waals surface area contributed by atoms with Crippen LogP contribution in [0.3, 0.4) is 0 Å². The highest BCUT2D eigenvalue weighted by Gasteiger charge is 2.27. The second-order valence-electron chi connectivity index (χ2n) is 5.02. The molecule has 0 unspecified atom stereocenters. The SMILES string of the molecule is CCCCNc1cc(NC(C)(C)C(=O)O)nc(C)n1. The molecule has 106 valence electrons. The Labute approximate surface area is 113 Å². The number of hydrogen-bond acceptors (Lipinski definition) is 5. The Hall–Kier alpha value is -1.85. The zero-order valence-corrected chi connectivity index (χ0v) is 11.9. The van der Waals surface area contributed by atoms with Gasteiger partial charge in [0.1, 0.15) is 23.0 Å². The summed E-state index contributed by atoms with van der Waals surface area (Å²) in [6, 6.07) is 1.73. The van der Waals surface area contributed by atoms with Gasteiger partial charge < -0.3 is 15.7 Å². The van der Waals surface area contributed by atoms with Crippen molar-refractivity contribution in [1.82, 2.24) is 9.97 Å². The maximum Gasteiger partial charge on any atom is 0.328 e. The molecule has 0 aliphatic carbocycles. The predicted molar refractivity (Wildman–Crippen MR) is 75.5 cm³/mol. The lowest BCUT2D eigenvalue weighted by Crippen LogP contribution is -2.40. The smallest absolute Gasteiger partial charge is 0.328 e. The summed E-state index contributed by atoms with van der Waals surface area (Å²) in [4.78, 5) is 19.6. The lowest BCUT2D eigenvalue weighted by Gasteiger charge is -2.22. The van der Waals surface area contributed by atoms with Gasteiger partial charge >= 0.3 is 5.97 Å². The zero-order chi connectivity index (χ0) is 14.5. The number of nitrogens with zero attached hydrogens (tertiary/aromatic N) is 2. The highest BCUT2D eigenvalue weighted by Crippen LogP contribution is 2.16. The van der Waals surface area contributed by atoms with E-state index in [0.717, 1.165) is 19.4 Å². The zero-order valence-electron chi connectivity index (χ0n) is 11.9. The van der Waals surface area contributed by atoms with Gasteiger partial charge in [0.15, 0.2) is 0 Å². The fraction of sp³-hybridized carbons (Fsp3) is 0.615. The van der Waals surface area contributed by atoms with Crippen molar-refractivity contribution < 1.29 is 9.90 Å². The van der Waals surface area contributed by atoms with Crippen molar-refractivity contribution in [2.45, 2.75) is 46.1 Å². The molecule has 6 nitrogen and oxygen atoms in total. The van der Waals surface area contributed by atoms with Crippen molar-refractivity contribution in [2.24, 2.45) is 0 Å². The molecular weight excluding hydrogens is 244 g/mol. The van der Waals surface area contributed by atoms with Crippen LogP contribution < -0.4 is 10.6 Å². The second-order valence-corrected chi connectivity index (χ2v) is 5.02. The van der Waals surface area contributed by atoms with Crippen LogP contribution >= 0.6 is 0 Å². The van der Waals surface area contributed by atoms with Crippen molar-refractivity contribution in [3.8, 4) is 0 Å². The molecule has 1 aromatic rings. The van der Waals surface area contributed by atoms with E-state index in [9.17, 15) is 4.79 Å². The lowest BCUT2D eigenvalue weighted by atomic mass is 10.1. The minimum Gasteiger partial charge on any atom is -0.480 e. The Balaban J connectivity index is 2.81. The summed E-state index contributed by atoms with van der Waals surface area (Å²) in [5.41, 5.74) is -1.07. The number of aryl methyl sites for hydroxylation is 1. The van der Waals surface area contributed by atoms with Crippen molar-refractivity contribution in [1.29, 1.82) is 0 Å². The third-order valence-corrected chi connectivity index (χ3v) is 2.65. The molecule has 0 amide bonds. The highest BCUT2D eigenvalue weighted by atomic mass is 16.4. The first-order valence-corrected chi connectivity index (χ1v) is 6.46.